The Morgan fingerprint density at radius 1 is 1.26 bits per heavy atom. The van der Waals surface area contributed by atoms with Crippen LogP contribution in [0.25, 0.3) is 10.6 Å². The number of aromatic amines is 1. The molecule has 3 aromatic rings. The van der Waals surface area contributed by atoms with Gasteiger partial charge in [0.25, 0.3) is 5.91 Å². The van der Waals surface area contributed by atoms with Gasteiger partial charge in [-0.15, -0.1) is 10.2 Å². The van der Waals surface area contributed by atoms with Crippen molar-refractivity contribution in [1.29, 1.82) is 0 Å². The van der Waals surface area contributed by atoms with Gasteiger partial charge in [-0.2, -0.15) is 5.10 Å². The average Bonchev–Trinajstić information content (AvgIpc) is 3.42. The number of H-pyrrole nitrogens is 1. The molecule has 1 aromatic carbocycles. The number of amides is 1. The Labute approximate surface area is 161 Å². The number of anilines is 1. The van der Waals surface area contributed by atoms with Gasteiger partial charge in [0.1, 0.15) is 5.01 Å². The van der Waals surface area contributed by atoms with Gasteiger partial charge >= 0.3 is 0 Å². The van der Waals surface area contributed by atoms with Crippen LogP contribution >= 0.6 is 11.3 Å². The molecule has 0 bridgehead atoms. The third-order valence-corrected chi connectivity index (χ3v) is 5.62. The minimum Gasteiger partial charge on any atom is -0.309 e. The van der Waals surface area contributed by atoms with Crippen LogP contribution in [0.1, 0.15) is 60.4 Å². The van der Waals surface area contributed by atoms with Crippen LogP contribution in [0, 0.1) is 0 Å². The molecule has 1 aliphatic heterocycles. The quantitative estimate of drug-likeness (QED) is 0.625. The maximum absolute atomic E-state index is 12.4. The molecule has 0 saturated carbocycles. The van der Waals surface area contributed by atoms with Crippen molar-refractivity contribution >= 4 is 22.4 Å². The zero-order valence-corrected chi connectivity index (χ0v) is 16.1. The lowest BCUT2D eigenvalue weighted by molar-refractivity contribution is 0.102. The summed E-state index contributed by atoms with van der Waals surface area (Å²) in [6, 6.07) is 10.3. The lowest BCUT2D eigenvalue weighted by atomic mass is 10.0. The molecule has 0 spiro atoms. The van der Waals surface area contributed by atoms with Gasteiger partial charge < -0.3 is 5.32 Å². The number of hydrogen-bond donors (Lipinski definition) is 3. The molecule has 7 nitrogen and oxygen atoms in total. The molecule has 1 fully saturated rings. The van der Waals surface area contributed by atoms with Crippen molar-refractivity contribution in [2.24, 2.45) is 0 Å². The topological polar surface area (TPSA) is 95.6 Å². The summed E-state index contributed by atoms with van der Waals surface area (Å²) in [5.41, 5.74) is 3.58. The van der Waals surface area contributed by atoms with Crippen LogP contribution in [-0.2, 0) is 0 Å². The summed E-state index contributed by atoms with van der Waals surface area (Å²) in [7, 11) is 0. The summed E-state index contributed by atoms with van der Waals surface area (Å²) in [6.45, 7) is 5.32. The van der Waals surface area contributed by atoms with Gasteiger partial charge in [-0.25, -0.2) is 0 Å². The number of rotatable bonds is 5. The zero-order valence-electron chi connectivity index (χ0n) is 15.3. The van der Waals surface area contributed by atoms with Crippen molar-refractivity contribution in [3.05, 3.63) is 47.3 Å². The van der Waals surface area contributed by atoms with E-state index in [1.165, 1.54) is 16.9 Å². The highest BCUT2D eigenvalue weighted by atomic mass is 32.1. The molecule has 0 aliphatic carbocycles. The second-order valence-corrected chi connectivity index (χ2v) is 7.98. The van der Waals surface area contributed by atoms with E-state index < -0.39 is 0 Å². The van der Waals surface area contributed by atoms with Crippen molar-refractivity contribution in [1.82, 2.24) is 25.7 Å². The Kier molecular flexibility index (Phi) is 5.00. The molecule has 3 heterocycles. The van der Waals surface area contributed by atoms with Crippen LogP contribution in [-0.4, -0.2) is 32.8 Å². The number of aromatic nitrogens is 4. The Hall–Kier alpha value is -2.58. The second kappa shape index (κ2) is 7.58. The summed E-state index contributed by atoms with van der Waals surface area (Å²) < 4.78 is 0. The van der Waals surface area contributed by atoms with E-state index in [2.05, 4.69) is 57.0 Å². The third kappa shape index (κ3) is 3.91. The molecule has 3 N–H and O–H groups in total. The largest absolute Gasteiger partial charge is 0.309 e. The Bertz CT molecular complexity index is 924. The first-order valence-electron chi connectivity index (χ1n) is 9.14. The van der Waals surface area contributed by atoms with E-state index in [1.54, 1.807) is 6.07 Å². The number of nitrogens with zero attached hydrogens (tertiary/aromatic N) is 3. The molecule has 140 valence electrons. The van der Waals surface area contributed by atoms with E-state index in [0.29, 0.717) is 16.7 Å². The first-order chi connectivity index (χ1) is 13.1. The maximum atomic E-state index is 12.4. The predicted molar refractivity (Wildman–Crippen MR) is 106 cm³/mol. The summed E-state index contributed by atoms with van der Waals surface area (Å²) in [4.78, 5) is 12.4. The van der Waals surface area contributed by atoms with E-state index in [1.807, 2.05) is 12.1 Å². The molecule has 27 heavy (non-hydrogen) atoms. The lowest BCUT2D eigenvalue weighted by Crippen LogP contribution is -2.13. The van der Waals surface area contributed by atoms with Crippen LogP contribution in [0.2, 0.25) is 0 Å². The minimum absolute atomic E-state index is 0.251. The molecule has 1 saturated heterocycles. The van der Waals surface area contributed by atoms with Gasteiger partial charge in [-0.05, 0) is 36.9 Å². The number of hydrogen-bond acceptors (Lipinski definition) is 6. The highest BCUT2D eigenvalue weighted by molar-refractivity contribution is 7.18. The van der Waals surface area contributed by atoms with Gasteiger partial charge in [-0.1, -0.05) is 49.4 Å². The SMILES string of the molecule is CC(C)c1ccc(-c2nnc(NC(=O)c3cc(C4CCCN4)[nH]n3)s2)cc1. The Balaban J connectivity index is 1.43. The molecule has 2 aromatic heterocycles. The first kappa shape index (κ1) is 17.8. The molecule has 8 heteroatoms. The fourth-order valence-corrected chi connectivity index (χ4v) is 3.89. The Morgan fingerprint density at radius 3 is 2.78 bits per heavy atom. The molecule has 1 unspecified atom stereocenters. The van der Waals surface area contributed by atoms with Gasteiger partial charge in [0.05, 0.1) is 5.69 Å². The first-order valence-corrected chi connectivity index (χ1v) is 9.95. The maximum Gasteiger partial charge on any atom is 0.277 e. The van der Waals surface area contributed by atoms with E-state index in [0.717, 1.165) is 35.7 Å². The van der Waals surface area contributed by atoms with Gasteiger partial charge in [0, 0.05) is 11.6 Å². The van der Waals surface area contributed by atoms with Gasteiger partial charge in [0.15, 0.2) is 5.69 Å². The number of carbonyl (C=O) groups excluding carboxylic acids is 1. The van der Waals surface area contributed by atoms with Crippen LogP contribution in [0.15, 0.2) is 30.3 Å². The van der Waals surface area contributed by atoms with Crippen LogP contribution in [0.4, 0.5) is 5.13 Å². The van der Waals surface area contributed by atoms with Gasteiger partial charge in [0.2, 0.25) is 5.13 Å². The third-order valence-electron chi connectivity index (χ3n) is 4.74. The molecule has 1 aliphatic rings. The summed E-state index contributed by atoms with van der Waals surface area (Å²) >= 11 is 1.35. The standard InChI is InChI=1S/C19H22N6OS/c1-11(2)12-5-7-13(8-6-12)18-24-25-19(27-18)21-17(26)16-10-15(22-23-16)14-4-3-9-20-14/h5-8,10-11,14,20H,3-4,9H2,1-2H3,(H,22,23)(H,21,25,26). The highest BCUT2D eigenvalue weighted by Crippen LogP contribution is 2.28. The van der Waals surface area contributed by atoms with Gasteiger partial charge in [-0.3, -0.25) is 15.2 Å². The van der Waals surface area contributed by atoms with Crippen LogP contribution < -0.4 is 10.6 Å². The van der Waals surface area contributed by atoms with E-state index in [-0.39, 0.29) is 11.9 Å². The lowest BCUT2D eigenvalue weighted by Gasteiger charge is -2.05. The molecular weight excluding hydrogens is 360 g/mol. The minimum atomic E-state index is -0.284. The van der Waals surface area contributed by atoms with E-state index in [4.69, 9.17) is 0 Å². The normalized spacial score (nSPS) is 16.8. The van der Waals surface area contributed by atoms with Crippen LogP contribution in [0.3, 0.4) is 0 Å². The predicted octanol–water partition coefficient (Wildman–Crippen LogP) is 3.73. The molecular formula is C19H22N6OS. The van der Waals surface area contributed by atoms with E-state index >= 15 is 0 Å². The van der Waals surface area contributed by atoms with Crippen molar-refractivity contribution in [2.45, 2.75) is 38.6 Å². The highest BCUT2D eigenvalue weighted by Gasteiger charge is 2.21. The second-order valence-electron chi connectivity index (χ2n) is 7.00. The van der Waals surface area contributed by atoms with E-state index in [9.17, 15) is 4.79 Å². The fraction of sp³-hybridized carbons (Fsp3) is 0.368. The summed E-state index contributed by atoms with van der Waals surface area (Å²) in [6.07, 6.45) is 2.19. The van der Waals surface area contributed by atoms with Crippen molar-refractivity contribution in [3.63, 3.8) is 0 Å². The monoisotopic (exact) mass is 382 g/mol. The average molecular weight is 382 g/mol. The summed E-state index contributed by atoms with van der Waals surface area (Å²) in [5.74, 6) is 0.204. The zero-order chi connectivity index (χ0) is 18.8. The number of carbonyl (C=O) groups is 1. The molecule has 0 radical (unpaired) electrons. The Morgan fingerprint density at radius 2 is 2.07 bits per heavy atom. The molecule has 1 atom stereocenters. The molecule has 4 rings (SSSR count). The van der Waals surface area contributed by atoms with Crippen molar-refractivity contribution in [3.8, 4) is 10.6 Å². The van der Waals surface area contributed by atoms with Crippen LogP contribution in [0.5, 0.6) is 0 Å². The fourth-order valence-electron chi connectivity index (χ4n) is 3.14. The number of nitrogens with one attached hydrogen (secondary N) is 3. The molecule has 1 amide bonds. The number of benzene rings is 1. The summed E-state index contributed by atoms with van der Waals surface area (Å²) in [5, 5.41) is 22.8. The van der Waals surface area contributed by atoms with Crippen molar-refractivity contribution < 1.29 is 4.79 Å². The smallest absolute Gasteiger partial charge is 0.277 e. The van der Waals surface area contributed by atoms with Crippen molar-refractivity contribution in [2.75, 3.05) is 11.9 Å².